The Hall–Kier alpha value is -3.26. The van der Waals surface area contributed by atoms with E-state index in [4.69, 9.17) is 9.47 Å². The molecule has 1 saturated heterocycles. The number of amides is 1. The van der Waals surface area contributed by atoms with Crippen LogP contribution in [0.4, 0.5) is 4.79 Å². The van der Waals surface area contributed by atoms with Gasteiger partial charge >= 0.3 is 12.1 Å². The standard InChI is InChI=1S/C18H16N2O6/c21-14-10-11(26-18(24)19-5-7-25-8-6-19)9-13-15(14)16(17(22)23)12-3-1-2-4-20(12)13/h1-4,9-10,21H,5-8H2,(H,22,23). The molecule has 4 rings (SSSR count). The molecular formula is C18H16N2O6. The van der Waals surface area contributed by atoms with Gasteiger partial charge in [-0.3, -0.25) is 0 Å². The maximum absolute atomic E-state index is 12.3. The maximum Gasteiger partial charge on any atom is 0.415 e. The van der Waals surface area contributed by atoms with Crippen LogP contribution in [0, 0.1) is 0 Å². The van der Waals surface area contributed by atoms with E-state index < -0.39 is 12.1 Å². The van der Waals surface area contributed by atoms with E-state index in [1.165, 1.54) is 11.0 Å². The number of morpholine rings is 1. The van der Waals surface area contributed by atoms with Gasteiger partial charge in [-0.1, -0.05) is 6.07 Å². The minimum Gasteiger partial charge on any atom is -0.507 e. The molecule has 134 valence electrons. The highest BCUT2D eigenvalue weighted by Gasteiger charge is 2.23. The van der Waals surface area contributed by atoms with Gasteiger partial charge in [-0.05, 0) is 12.1 Å². The number of hydrogen-bond acceptors (Lipinski definition) is 5. The Morgan fingerprint density at radius 2 is 1.88 bits per heavy atom. The fourth-order valence-corrected chi connectivity index (χ4v) is 3.20. The second kappa shape index (κ2) is 6.23. The Morgan fingerprint density at radius 3 is 2.62 bits per heavy atom. The van der Waals surface area contributed by atoms with Crippen LogP contribution in [0.5, 0.6) is 11.5 Å². The predicted octanol–water partition coefficient (Wildman–Crippen LogP) is 2.33. The summed E-state index contributed by atoms with van der Waals surface area (Å²) in [5.41, 5.74) is 0.897. The maximum atomic E-state index is 12.3. The summed E-state index contributed by atoms with van der Waals surface area (Å²) in [4.78, 5) is 25.5. The Kier molecular flexibility index (Phi) is 3.89. The molecule has 1 amide bonds. The zero-order valence-corrected chi connectivity index (χ0v) is 13.7. The number of carboxylic acids is 1. The SMILES string of the molecule is O=C(O)c1c2c(O)cc(OC(=O)N3CCOCC3)cc2n2ccccc12. The number of phenols is 1. The number of rotatable bonds is 2. The second-order valence-electron chi connectivity index (χ2n) is 5.94. The topological polar surface area (TPSA) is 101 Å². The van der Waals surface area contributed by atoms with Crippen LogP contribution in [0.25, 0.3) is 16.4 Å². The molecule has 2 N–H and O–H groups in total. The third-order valence-corrected chi connectivity index (χ3v) is 4.38. The summed E-state index contributed by atoms with van der Waals surface area (Å²) >= 11 is 0. The zero-order valence-electron chi connectivity index (χ0n) is 13.7. The van der Waals surface area contributed by atoms with Crippen molar-refractivity contribution in [3.05, 3.63) is 42.1 Å². The Labute approximate surface area is 147 Å². The second-order valence-corrected chi connectivity index (χ2v) is 5.94. The highest BCUT2D eigenvalue weighted by molar-refractivity contribution is 6.13. The molecule has 3 heterocycles. The van der Waals surface area contributed by atoms with Gasteiger partial charge < -0.3 is 29.0 Å². The number of fused-ring (bicyclic) bond motifs is 3. The summed E-state index contributed by atoms with van der Waals surface area (Å²) in [6.45, 7) is 1.77. The average Bonchev–Trinajstić information content (AvgIpc) is 2.98. The number of carboxylic acid groups (broad SMARTS) is 1. The Bertz CT molecular complexity index is 1020. The lowest BCUT2D eigenvalue weighted by Gasteiger charge is -2.25. The van der Waals surface area contributed by atoms with Gasteiger partial charge in [-0.2, -0.15) is 0 Å². The Morgan fingerprint density at radius 1 is 1.12 bits per heavy atom. The molecule has 1 aliphatic rings. The van der Waals surface area contributed by atoms with E-state index in [2.05, 4.69) is 0 Å². The number of benzene rings is 1. The van der Waals surface area contributed by atoms with Gasteiger partial charge in [0.2, 0.25) is 0 Å². The van der Waals surface area contributed by atoms with E-state index >= 15 is 0 Å². The number of aromatic hydroxyl groups is 1. The molecular weight excluding hydrogens is 340 g/mol. The van der Waals surface area contributed by atoms with Crippen LogP contribution in [-0.4, -0.2) is 57.9 Å². The van der Waals surface area contributed by atoms with Crippen molar-refractivity contribution in [1.82, 2.24) is 9.30 Å². The number of phenolic OH excluding ortho intramolecular Hbond substituents is 1. The summed E-state index contributed by atoms with van der Waals surface area (Å²) < 4.78 is 12.2. The van der Waals surface area contributed by atoms with Crippen molar-refractivity contribution in [3.8, 4) is 11.5 Å². The van der Waals surface area contributed by atoms with Crippen molar-refractivity contribution in [1.29, 1.82) is 0 Å². The number of ether oxygens (including phenoxy) is 2. The third kappa shape index (κ3) is 2.60. The predicted molar refractivity (Wildman–Crippen MR) is 91.9 cm³/mol. The van der Waals surface area contributed by atoms with Gasteiger partial charge in [0.25, 0.3) is 0 Å². The van der Waals surface area contributed by atoms with E-state index in [0.29, 0.717) is 37.3 Å². The molecule has 0 atom stereocenters. The fraction of sp³-hybridized carbons (Fsp3) is 0.222. The number of aromatic carboxylic acids is 1. The molecule has 1 aromatic carbocycles. The molecule has 0 aliphatic carbocycles. The first-order chi connectivity index (χ1) is 12.6. The van der Waals surface area contributed by atoms with Crippen LogP contribution in [0.3, 0.4) is 0 Å². The lowest BCUT2D eigenvalue weighted by atomic mass is 10.1. The van der Waals surface area contributed by atoms with Gasteiger partial charge in [-0.15, -0.1) is 0 Å². The number of aromatic nitrogens is 1. The van der Waals surface area contributed by atoms with Crippen molar-refractivity contribution < 1.29 is 29.3 Å². The number of carbonyl (C=O) groups is 2. The number of nitrogens with zero attached hydrogens (tertiary/aromatic N) is 2. The minimum atomic E-state index is -1.14. The van der Waals surface area contributed by atoms with Gasteiger partial charge in [0.1, 0.15) is 11.5 Å². The van der Waals surface area contributed by atoms with Crippen molar-refractivity contribution in [3.63, 3.8) is 0 Å². The summed E-state index contributed by atoms with van der Waals surface area (Å²) in [6, 6.07) is 7.93. The highest BCUT2D eigenvalue weighted by Crippen LogP contribution is 2.37. The molecule has 0 unspecified atom stereocenters. The molecule has 0 radical (unpaired) electrons. The van der Waals surface area contributed by atoms with Gasteiger partial charge in [-0.25, -0.2) is 9.59 Å². The molecule has 2 aromatic heterocycles. The molecule has 8 nitrogen and oxygen atoms in total. The van der Waals surface area contributed by atoms with Gasteiger partial charge in [0.15, 0.2) is 0 Å². The van der Waals surface area contributed by atoms with Crippen LogP contribution in [0.15, 0.2) is 36.5 Å². The lowest BCUT2D eigenvalue weighted by molar-refractivity contribution is 0.0416. The first kappa shape index (κ1) is 16.2. The first-order valence-corrected chi connectivity index (χ1v) is 8.10. The Balaban J connectivity index is 1.80. The normalized spacial score (nSPS) is 14.7. The van der Waals surface area contributed by atoms with Crippen LogP contribution in [0.2, 0.25) is 0 Å². The molecule has 3 aromatic rings. The largest absolute Gasteiger partial charge is 0.507 e. The monoisotopic (exact) mass is 356 g/mol. The minimum absolute atomic E-state index is 0.00385. The molecule has 1 fully saturated rings. The quantitative estimate of drug-likeness (QED) is 0.731. The van der Waals surface area contributed by atoms with Crippen molar-refractivity contribution >= 4 is 28.5 Å². The smallest absolute Gasteiger partial charge is 0.415 e. The first-order valence-electron chi connectivity index (χ1n) is 8.10. The summed E-state index contributed by atoms with van der Waals surface area (Å²) in [5, 5.41) is 20.2. The third-order valence-electron chi connectivity index (χ3n) is 4.38. The molecule has 0 spiro atoms. The lowest BCUT2D eigenvalue weighted by Crippen LogP contribution is -2.42. The molecule has 8 heteroatoms. The van der Waals surface area contributed by atoms with Crippen molar-refractivity contribution in [2.75, 3.05) is 26.3 Å². The fourth-order valence-electron chi connectivity index (χ4n) is 3.20. The van der Waals surface area contributed by atoms with E-state index in [0.717, 1.165) is 0 Å². The summed E-state index contributed by atoms with van der Waals surface area (Å²) in [7, 11) is 0. The van der Waals surface area contributed by atoms with Crippen molar-refractivity contribution in [2.45, 2.75) is 0 Å². The van der Waals surface area contributed by atoms with Crippen LogP contribution in [0.1, 0.15) is 10.4 Å². The van der Waals surface area contributed by atoms with E-state index in [-0.39, 0.29) is 22.4 Å². The molecule has 0 bridgehead atoms. The van der Waals surface area contributed by atoms with E-state index in [1.807, 2.05) is 0 Å². The van der Waals surface area contributed by atoms with Crippen LogP contribution < -0.4 is 4.74 Å². The number of pyridine rings is 1. The van der Waals surface area contributed by atoms with Gasteiger partial charge in [0, 0.05) is 31.4 Å². The molecule has 26 heavy (non-hydrogen) atoms. The summed E-state index contributed by atoms with van der Waals surface area (Å²) in [5.74, 6) is -1.25. The van der Waals surface area contributed by atoms with Crippen LogP contribution >= 0.6 is 0 Å². The number of carbonyl (C=O) groups excluding carboxylic acids is 1. The zero-order chi connectivity index (χ0) is 18.3. The van der Waals surface area contributed by atoms with Crippen molar-refractivity contribution in [2.24, 2.45) is 0 Å². The van der Waals surface area contributed by atoms with Gasteiger partial charge in [0.05, 0.1) is 35.2 Å². The van der Waals surface area contributed by atoms with Crippen LogP contribution in [-0.2, 0) is 4.74 Å². The van der Waals surface area contributed by atoms with E-state index in [9.17, 15) is 19.8 Å². The number of hydrogen-bond donors (Lipinski definition) is 2. The molecule has 0 saturated carbocycles. The van der Waals surface area contributed by atoms with E-state index in [1.54, 1.807) is 34.9 Å². The summed E-state index contributed by atoms with van der Waals surface area (Å²) in [6.07, 6.45) is 1.16. The highest BCUT2D eigenvalue weighted by atomic mass is 16.6. The molecule has 1 aliphatic heterocycles. The average molecular weight is 356 g/mol.